The fourth-order valence-corrected chi connectivity index (χ4v) is 2.96. The molecule has 2 rings (SSSR count). The van der Waals surface area contributed by atoms with E-state index in [2.05, 4.69) is 6.07 Å². The lowest BCUT2D eigenvalue weighted by molar-refractivity contribution is -0.138. The minimum Gasteiger partial charge on any atom is -0.481 e. The number of hydrogen-bond donors (Lipinski definition) is 1. The van der Waals surface area contributed by atoms with E-state index in [4.69, 9.17) is 9.84 Å². The highest BCUT2D eigenvalue weighted by atomic mass is 16.5. The Kier molecular flexibility index (Phi) is 6.55. The molecule has 1 N–H and O–H groups in total. The second-order valence-corrected chi connectivity index (χ2v) is 6.21. The fourth-order valence-electron chi connectivity index (χ4n) is 2.96. The van der Waals surface area contributed by atoms with Crippen molar-refractivity contribution in [3.63, 3.8) is 0 Å². The van der Waals surface area contributed by atoms with Crippen molar-refractivity contribution in [1.82, 2.24) is 4.90 Å². The molecule has 0 spiro atoms. The first kappa shape index (κ1) is 18.2. The highest BCUT2D eigenvalue weighted by Gasteiger charge is 2.24. The molecule has 1 aromatic carbocycles. The molecular formula is C19H25NO4. The first-order valence-corrected chi connectivity index (χ1v) is 8.33. The van der Waals surface area contributed by atoms with E-state index in [1.807, 2.05) is 32.1 Å². The van der Waals surface area contributed by atoms with Gasteiger partial charge in [0, 0.05) is 31.9 Å². The Morgan fingerprint density at radius 1 is 1.29 bits per heavy atom. The van der Waals surface area contributed by atoms with Gasteiger partial charge in [-0.05, 0) is 43.9 Å². The minimum absolute atomic E-state index is 0.0412. The number of carboxylic acid groups (broad SMARTS) is 1. The zero-order valence-electron chi connectivity index (χ0n) is 14.3. The molecule has 0 saturated carbocycles. The van der Waals surface area contributed by atoms with Crippen LogP contribution in [0, 0.1) is 13.8 Å². The van der Waals surface area contributed by atoms with E-state index in [9.17, 15) is 9.59 Å². The van der Waals surface area contributed by atoms with Gasteiger partial charge in [0.05, 0.1) is 6.42 Å². The second-order valence-electron chi connectivity index (χ2n) is 6.21. The van der Waals surface area contributed by atoms with E-state index in [-0.39, 0.29) is 24.9 Å². The van der Waals surface area contributed by atoms with Crippen LogP contribution in [0.3, 0.4) is 0 Å². The molecule has 1 saturated heterocycles. The van der Waals surface area contributed by atoms with Crippen molar-refractivity contribution in [2.75, 3.05) is 19.8 Å². The maximum Gasteiger partial charge on any atom is 0.305 e. The van der Waals surface area contributed by atoms with Gasteiger partial charge in [0.25, 0.3) is 0 Å². The van der Waals surface area contributed by atoms with E-state index >= 15 is 0 Å². The zero-order chi connectivity index (χ0) is 17.5. The predicted molar refractivity (Wildman–Crippen MR) is 92.8 cm³/mol. The SMILES string of the molecule is Cc1ccc(/C=C/C(=O)N(CCC(=O)O)C2CCOCC2)c(C)c1. The summed E-state index contributed by atoms with van der Waals surface area (Å²) in [7, 11) is 0. The first-order chi connectivity index (χ1) is 11.5. The lowest BCUT2D eigenvalue weighted by Gasteiger charge is -2.33. The molecule has 0 atom stereocenters. The van der Waals surface area contributed by atoms with E-state index in [1.165, 1.54) is 5.56 Å². The molecule has 1 amide bonds. The molecule has 0 aromatic heterocycles. The van der Waals surface area contributed by atoms with Crippen LogP contribution in [-0.2, 0) is 14.3 Å². The average Bonchev–Trinajstić information content (AvgIpc) is 2.55. The van der Waals surface area contributed by atoms with Crippen LogP contribution < -0.4 is 0 Å². The van der Waals surface area contributed by atoms with Crippen molar-refractivity contribution in [2.24, 2.45) is 0 Å². The van der Waals surface area contributed by atoms with Crippen molar-refractivity contribution in [2.45, 2.75) is 39.2 Å². The van der Waals surface area contributed by atoms with Gasteiger partial charge in [0.15, 0.2) is 0 Å². The Hall–Kier alpha value is -2.14. The number of ether oxygens (including phenoxy) is 1. The molecule has 1 heterocycles. The number of carbonyl (C=O) groups excluding carboxylic acids is 1. The van der Waals surface area contributed by atoms with Crippen molar-refractivity contribution >= 4 is 18.0 Å². The van der Waals surface area contributed by atoms with E-state index < -0.39 is 5.97 Å². The van der Waals surface area contributed by atoms with Crippen LogP contribution in [0.4, 0.5) is 0 Å². The van der Waals surface area contributed by atoms with Crippen LogP contribution in [-0.4, -0.2) is 47.7 Å². The van der Waals surface area contributed by atoms with E-state index in [0.29, 0.717) is 13.2 Å². The molecule has 1 aliphatic heterocycles. The summed E-state index contributed by atoms with van der Waals surface area (Å²) in [6.45, 7) is 5.50. The molecular weight excluding hydrogens is 306 g/mol. The monoisotopic (exact) mass is 331 g/mol. The number of amides is 1. The van der Waals surface area contributed by atoms with Gasteiger partial charge < -0.3 is 14.7 Å². The Labute approximate surface area is 142 Å². The third-order valence-corrected chi connectivity index (χ3v) is 4.31. The summed E-state index contributed by atoms with van der Waals surface area (Å²) in [6.07, 6.45) is 4.82. The third-order valence-electron chi connectivity index (χ3n) is 4.31. The smallest absolute Gasteiger partial charge is 0.305 e. The summed E-state index contributed by atoms with van der Waals surface area (Å²) < 4.78 is 5.34. The van der Waals surface area contributed by atoms with Gasteiger partial charge in [-0.1, -0.05) is 23.8 Å². The van der Waals surface area contributed by atoms with Crippen molar-refractivity contribution < 1.29 is 19.4 Å². The number of hydrogen-bond acceptors (Lipinski definition) is 3. The highest BCUT2D eigenvalue weighted by Crippen LogP contribution is 2.17. The Morgan fingerprint density at radius 2 is 2.00 bits per heavy atom. The molecule has 130 valence electrons. The predicted octanol–water partition coefficient (Wildman–Crippen LogP) is 2.80. The maximum absolute atomic E-state index is 12.6. The van der Waals surface area contributed by atoms with Gasteiger partial charge in [-0.15, -0.1) is 0 Å². The van der Waals surface area contributed by atoms with Crippen LogP contribution >= 0.6 is 0 Å². The Bertz CT molecular complexity index is 618. The Morgan fingerprint density at radius 3 is 2.62 bits per heavy atom. The molecule has 1 fully saturated rings. The van der Waals surface area contributed by atoms with Crippen molar-refractivity contribution in [3.8, 4) is 0 Å². The molecule has 5 heteroatoms. The van der Waals surface area contributed by atoms with Gasteiger partial charge in [-0.25, -0.2) is 0 Å². The normalized spacial score (nSPS) is 15.6. The van der Waals surface area contributed by atoms with Crippen LogP contribution in [0.15, 0.2) is 24.3 Å². The Balaban J connectivity index is 2.10. The molecule has 0 radical (unpaired) electrons. The summed E-state index contributed by atoms with van der Waals surface area (Å²) in [6, 6.07) is 6.13. The topological polar surface area (TPSA) is 66.8 Å². The molecule has 0 bridgehead atoms. The number of benzene rings is 1. The number of rotatable bonds is 6. The molecule has 0 unspecified atom stereocenters. The summed E-state index contributed by atoms with van der Waals surface area (Å²) in [5.74, 6) is -1.03. The number of aryl methyl sites for hydroxylation is 2. The molecule has 1 aromatic rings. The average molecular weight is 331 g/mol. The van der Waals surface area contributed by atoms with E-state index in [0.717, 1.165) is 24.0 Å². The van der Waals surface area contributed by atoms with Gasteiger partial charge >= 0.3 is 5.97 Å². The van der Waals surface area contributed by atoms with Crippen molar-refractivity contribution in [3.05, 3.63) is 41.0 Å². The van der Waals surface area contributed by atoms with Crippen LogP contribution in [0.1, 0.15) is 36.0 Å². The summed E-state index contributed by atoms with van der Waals surface area (Å²) in [5, 5.41) is 8.93. The highest BCUT2D eigenvalue weighted by molar-refractivity contribution is 5.92. The summed E-state index contributed by atoms with van der Waals surface area (Å²) in [5.41, 5.74) is 3.29. The number of carbonyl (C=O) groups is 2. The molecule has 24 heavy (non-hydrogen) atoms. The largest absolute Gasteiger partial charge is 0.481 e. The quantitative estimate of drug-likeness (QED) is 0.814. The van der Waals surface area contributed by atoms with Crippen LogP contribution in [0.5, 0.6) is 0 Å². The molecule has 1 aliphatic rings. The van der Waals surface area contributed by atoms with Gasteiger partial charge in [0.2, 0.25) is 5.91 Å². The van der Waals surface area contributed by atoms with Crippen LogP contribution in [0.2, 0.25) is 0 Å². The van der Waals surface area contributed by atoms with Gasteiger partial charge in [0.1, 0.15) is 0 Å². The van der Waals surface area contributed by atoms with Gasteiger partial charge in [-0.3, -0.25) is 9.59 Å². The lowest BCUT2D eigenvalue weighted by atomic mass is 10.0. The summed E-state index contributed by atoms with van der Waals surface area (Å²) in [4.78, 5) is 25.2. The number of carboxylic acids is 1. The standard InChI is InChI=1S/C19H25NO4/c1-14-3-4-16(15(2)13-14)5-6-18(21)20(10-7-19(22)23)17-8-11-24-12-9-17/h3-6,13,17H,7-12H2,1-2H3,(H,22,23)/b6-5+. The zero-order valence-corrected chi connectivity index (χ0v) is 14.3. The van der Waals surface area contributed by atoms with Gasteiger partial charge in [-0.2, -0.15) is 0 Å². The second kappa shape index (κ2) is 8.64. The van der Waals surface area contributed by atoms with Crippen LogP contribution in [0.25, 0.3) is 6.08 Å². The number of aliphatic carboxylic acids is 1. The van der Waals surface area contributed by atoms with Crippen molar-refractivity contribution in [1.29, 1.82) is 0 Å². The van der Waals surface area contributed by atoms with E-state index in [1.54, 1.807) is 11.0 Å². The molecule has 0 aliphatic carbocycles. The minimum atomic E-state index is -0.891. The summed E-state index contributed by atoms with van der Waals surface area (Å²) >= 11 is 0. The maximum atomic E-state index is 12.6. The number of nitrogens with zero attached hydrogens (tertiary/aromatic N) is 1. The fraction of sp³-hybridized carbons (Fsp3) is 0.474. The first-order valence-electron chi connectivity index (χ1n) is 8.33. The lowest BCUT2D eigenvalue weighted by Crippen LogP contribution is -2.43. The molecule has 5 nitrogen and oxygen atoms in total. The third kappa shape index (κ3) is 5.20.